The van der Waals surface area contributed by atoms with Crippen molar-refractivity contribution in [3.8, 4) is 5.75 Å². The van der Waals surface area contributed by atoms with Gasteiger partial charge in [-0.15, -0.1) is 0 Å². The van der Waals surface area contributed by atoms with Crippen molar-refractivity contribution in [1.29, 1.82) is 0 Å². The third-order valence-electron chi connectivity index (χ3n) is 2.48. The first-order chi connectivity index (χ1) is 9.15. The smallest absolute Gasteiger partial charge is 0.229 e. The summed E-state index contributed by atoms with van der Waals surface area (Å²) >= 11 is 0. The van der Waals surface area contributed by atoms with Gasteiger partial charge in [0.2, 0.25) is 5.91 Å². The Kier molecular flexibility index (Phi) is 4.02. The predicted molar refractivity (Wildman–Crippen MR) is 72.9 cm³/mol. The highest BCUT2D eigenvalue weighted by Gasteiger charge is 2.06. The zero-order chi connectivity index (χ0) is 13.7. The van der Waals surface area contributed by atoms with E-state index in [-0.39, 0.29) is 18.9 Å². The Labute approximate surface area is 111 Å². The van der Waals surface area contributed by atoms with E-state index in [0.717, 1.165) is 5.69 Å². The molecule has 1 heterocycles. The number of hydrogen-bond acceptors (Lipinski definition) is 4. The number of anilines is 2. The molecular formula is C13H16N4O2. The second-order valence-electron chi connectivity index (χ2n) is 4.12. The molecule has 2 rings (SSSR count). The molecule has 0 aliphatic rings. The first-order valence-electron chi connectivity index (χ1n) is 5.94. The highest BCUT2D eigenvalue weighted by atomic mass is 16.5. The second kappa shape index (κ2) is 5.90. The fraction of sp³-hybridized carbons (Fsp3) is 0.231. The van der Waals surface area contributed by atoms with Gasteiger partial charge in [-0.2, -0.15) is 5.10 Å². The number of amides is 1. The molecule has 100 valence electrons. The maximum Gasteiger partial charge on any atom is 0.229 e. The van der Waals surface area contributed by atoms with Gasteiger partial charge < -0.3 is 15.8 Å². The zero-order valence-electron chi connectivity index (χ0n) is 10.6. The lowest BCUT2D eigenvalue weighted by Gasteiger charge is -2.08. The molecule has 0 bridgehead atoms. The number of benzene rings is 1. The maximum absolute atomic E-state index is 11.6. The highest BCUT2D eigenvalue weighted by molar-refractivity contribution is 5.89. The van der Waals surface area contributed by atoms with Crippen LogP contribution in [-0.4, -0.2) is 22.7 Å². The second-order valence-corrected chi connectivity index (χ2v) is 4.12. The van der Waals surface area contributed by atoms with E-state index in [2.05, 4.69) is 15.5 Å². The minimum atomic E-state index is -0.152. The third-order valence-corrected chi connectivity index (χ3v) is 2.48. The van der Waals surface area contributed by atoms with Gasteiger partial charge >= 0.3 is 0 Å². The molecule has 6 heteroatoms. The van der Waals surface area contributed by atoms with Crippen LogP contribution in [0.3, 0.4) is 0 Å². The van der Waals surface area contributed by atoms with Crippen molar-refractivity contribution < 1.29 is 9.53 Å². The molecule has 0 saturated carbocycles. The van der Waals surface area contributed by atoms with E-state index >= 15 is 0 Å². The molecule has 0 atom stereocenters. The fourth-order valence-corrected chi connectivity index (χ4v) is 1.55. The molecule has 0 unspecified atom stereocenters. The predicted octanol–water partition coefficient (Wildman–Crippen LogP) is 1.71. The van der Waals surface area contributed by atoms with E-state index < -0.39 is 0 Å². The number of aromatic amines is 1. The number of nitrogens with zero attached hydrogens (tertiary/aromatic N) is 1. The lowest BCUT2D eigenvalue weighted by Crippen LogP contribution is -2.15. The number of H-pyrrole nitrogens is 1. The van der Waals surface area contributed by atoms with Crippen LogP contribution in [0.25, 0.3) is 0 Å². The summed E-state index contributed by atoms with van der Waals surface area (Å²) in [7, 11) is 0. The van der Waals surface area contributed by atoms with Crippen molar-refractivity contribution in [2.24, 2.45) is 0 Å². The molecule has 4 N–H and O–H groups in total. The Morgan fingerprint density at radius 2 is 2.26 bits per heavy atom. The minimum Gasteiger partial charge on any atom is -0.491 e. The average molecular weight is 260 g/mol. The number of nitrogens with one attached hydrogen (secondary N) is 2. The van der Waals surface area contributed by atoms with Crippen molar-refractivity contribution >= 4 is 17.4 Å². The quantitative estimate of drug-likeness (QED) is 0.713. The molecule has 0 fully saturated rings. The number of rotatable bonds is 5. The van der Waals surface area contributed by atoms with Gasteiger partial charge in [0.1, 0.15) is 5.75 Å². The average Bonchev–Trinajstić information content (AvgIpc) is 2.77. The number of carbonyl (C=O) groups is 1. The Morgan fingerprint density at radius 3 is 2.95 bits per heavy atom. The van der Waals surface area contributed by atoms with Crippen LogP contribution < -0.4 is 15.8 Å². The topological polar surface area (TPSA) is 93.0 Å². The van der Waals surface area contributed by atoms with Crippen molar-refractivity contribution in [2.75, 3.05) is 17.7 Å². The zero-order valence-corrected chi connectivity index (χ0v) is 10.6. The van der Waals surface area contributed by atoms with Crippen LogP contribution in [0.5, 0.6) is 5.75 Å². The van der Waals surface area contributed by atoms with E-state index in [1.807, 2.05) is 19.1 Å². The molecule has 0 aliphatic carbocycles. The van der Waals surface area contributed by atoms with Gasteiger partial charge in [-0.1, -0.05) is 12.1 Å². The van der Waals surface area contributed by atoms with Crippen molar-refractivity contribution in [1.82, 2.24) is 10.2 Å². The van der Waals surface area contributed by atoms with E-state index in [1.165, 1.54) is 0 Å². The number of ether oxygens (including phenoxy) is 1. The first kappa shape index (κ1) is 12.9. The van der Waals surface area contributed by atoms with Crippen LogP contribution in [0.2, 0.25) is 0 Å². The molecule has 0 radical (unpaired) electrons. The van der Waals surface area contributed by atoms with E-state index in [0.29, 0.717) is 17.3 Å². The van der Waals surface area contributed by atoms with Crippen LogP contribution in [0.4, 0.5) is 11.5 Å². The summed E-state index contributed by atoms with van der Waals surface area (Å²) in [6.07, 6.45) is 0.236. The Balaban J connectivity index is 1.77. The standard InChI is InChI=1S/C13H16N4O2/c1-9-8-12(17-16-9)15-13(18)6-7-19-11-5-3-2-4-10(11)14/h2-5,8H,6-7,14H2,1H3,(H2,15,16,17,18). The number of carbonyl (C=O) groups excluding carboxylic acids is 1. The van der Waals surface area contributed by atoms with E-state index in [1.54, 1.807) is 18.2 Å². The molecule has 1 aromatic carbocycles. The summed E-state index contributed by atoms with van der Waals surface area (Å²) in [5.74, 6) is 0.952. The largest absolute Gasteiger partial charge is 0.491 e. The molecule has 2 aromatic rings. The molecule has 0 saturated heterocycles. The lowest BCUT2D eigenvalue weighted by molar-refractivity contribution is -0.116. The Morgan fingerprint density at radius 1 is 1.47 bits per heavy atom. The van der Waals surface area contributed by atoms with Crippen LogP contribution in [-0.2, 0) is 4.79 Å². The molecule has 1 aromatic heterocycles. The SMILES string of the molecule is Cc1cc(NC(=O)CCOc2ccccc2N)n[nH]1. The maximum atomic E-state index is 11.6. The van der Waals surface area contributed by atoms with Gasteiger partial charge in [0, 0.05) is 11.8 Å². The van der Waals surface area contributed by atoms with Crippen LogP contribution in [0.15, 0.2) is 30.3 Å². The van der Waals surface area contributed by atoms with E-state index in [4.69, 9.17) is 10.5 Å². The molecule has 0 aliphatic heterocycles. The lowest BCUT2D eigenvalue weighted by atomic mass is 10.3. The molecule has 6 nitrogen and oxygen atoms in total. The monoisotopic (exact) mass is 260 g/mol. The fourth-order valence-electron chi connectivity index (χ4n) is 1.55. The van der Waals surface area contributed by atoms with Crippen molar-refractivity contribution in [3.05, 3.63) is 36.0 Å². The van der Waals surface area contributed by atoms with Gasteiger partial charge in [0.05, 0.1) is 18.7 Å². The van der Waals surface area contributed by atoms with Gasteiger partial charge in [0.25, 0.3) is 0 Å². The van der Waals surface area contributed by atoms with Crippen molar-refractivity contribution in [2.45, 2.75) is 13.3 Å². The van der Waals surface area contributed by atoms with E-state index in [9.17, 15) is 4.79 Å². The van der Waals surface area contributed by atoms with Crippen LogP contribution in [0.1, 0.15) is 12.1 Å². The number of nitrogens with two attached hydrogens (primary N) is 1. The molecular weight excluding hydrogens is 244 g/mol. The van der Waals surface area contributed by atoms with Crippen LogP contribution in [0, 0.1) is 6.92 Å². The first-order valence-corrected chi connectivity index (χ1v) is 5.94. The summed E-state index contributed by atoms with van der Waals surface area (Å²) in [5.41, 5.74) is 7.18. The number of hydrogen-bond donors (Lipinski definition) is 3. The summed E-state index contributed by atoms with van der Waals surface area (Å²) in [6.45, 7) is 2.13. The normalized spacial score (nSPS) is 10.2. The number of nitrogen functional groups attached to an aromatic ring is 1. The van der Waals surface area contributed by atoms with Gasteiger partial charge in [-0.05, 0) is 19.1 Å². The molecule has 0 spiro atoms. The van der Waals surface area contributed by atoms with Crippen LogP contribution >= 0.6 is 0 Å². The summed E-state index contributed by atoms with van der Waals surface area (Å²) in [5, 5.41) is 9.34. The van der Waals surface area contributed by atoms with Gasteiger partial charge in [0.15, 0.2) is 5.82 Å². The summed E-state index contributed by atoms with van der Waals surface area (Å²) < 4.78 is 5.44. The Bertz CT molecular complexity index is 565. The minimum absolute atomic E-state index is 0.152. The highest BCUT2D eigenvalue weighted by Crippen LogP contribution is 2.19. The van der Waals surface area contributed by atoms with Gasteiger partial charge in [-0.3, -0.25) is 9.89 Å². The number of aryl methyl sites for hydroxylation is 1. The summed E-state index contributed by atoms with van der Waals surface area (Å²) in [4.78, 5) is 11.6. The molecule has 19 heavy (non-hydrogen) atoms. The van der Waals surface area contributed by atoms with Gasteiger partial charge in [-0.25, -0.2) is 0 Å². The number of aromatic nitrogens is 2. The summed E-state index contributed by atoms with van der Waals surface area (Å²) in [6, 6.07) is 8.94. The van der Waals surface area contributed by atoms with Crippen molar-refractivity contribution in [3.63, 3.8) is 0 Å². The Hall–Kier alpha value is -2.50. The third kappa shape index (κ3) is 3.74. The molecule has 1 amide bonds. The number of para-hydroxylation sites is 2.